The maximum atomic E-state index is 12.0. The molecule has 1 aromatic rings. The number of rotatable bonds is 1. The molecular weight excluding hydrogens is 152 g/mol. The molecule has 0 radical (unpaired) electrons. The number of halogens is 2. The highest BCUT2D eigenvalue weighted by Crippen LogP contribution is 2.22. The number of aromatic nitrogens is 1. The van der Waals surface area contributed by atoms with E-state index in [1.807, 2.05) is 0 Å². The molecular formula is C6H7F2N3. The van der Waals surface area contributed by atoms with Gasteiger partial charge in [-0.2, -0.15) is 0 Å². The largest absolute Gasteiger partial charge is 0.397 e. The molecule has 0 unspecified atom stereocenters. The van der Waals surface area contributed by atoms with Crippen LogP contribution in [-0.2, 0) is 0 Å². The van der Waals surface area contributed by atoms with Crippen molar-refractivity contribution in [3.05, 3.63) is 17.8 Å². The first-order valence-corrected chi connectivity index (χ1v) is 2.91. The Morgan fingerprint density at radius 3 is 2.36 bits per heavy atom. The van der Waals surface area contributed by atoms with Gasteiger partial charge in [-0.1, -0.05) is 0 Å². The van der Waals surface area contributed by atoms with Gasteiger partial charge in [-0.3, -0.25) is 0 Å². The molecule has 0 spiro atoms. The minimum atomic E-state index is -2.67. The third-order valence-corrected chi connectivity index (χ3v) is 1.19. The van der Waals surface area contributed by atoms with Crippen molar-refractivity contribution in [1.29, 1.82) is 0 Å². The van der Waals surface area contributed by atoms with Gasteiger partial charge in [0.25, 0.3) is 6.43 Å². The Bertz CT molecular complexity index is 262. The smallest absolute Gasteiger partial charge is 0.282 e. The van der Waals surface area contributed by atoms with E-state index < -0.39 is 12.1 Å². The van der Waals surface area contributed by atoms with Crippen LogP contribution < -0.4 is 11.5 Å². The SMILES string of the molecule is Nc1ccc(N)c(C(F)F)n1. The van der Waals surface area contributed by atoms with E-state index in [1.165, 1.54) is 12.1 Å². The van der Waals surface area contributed by atoms with Crippen LogP contribution in [0, 0.1) is 0 Å². The summed E-state index contributed by atoms with van der Waals surface area (Å²) < 4.78 is 24.0. The molecule has 0 amide bonds. The lowest BCUT2D eigenvalue weighted by Gasteiger charge is -2.02. The first-order chi connectivity index (χ1) is 5.11. The molecule has 0 aliphatic carbocycles. The third kappa shape index (κ3) is 1.54. The van der Waals surface area contributed by atoms with Crippen molar-refractivity contribution < 1.29 is 8.78 Å². The predicted octanol–water partition coefficient (Wildman–Crippen LogP) is 1.18. The zero-order valence-electron chi connectivity index (χ0n) is 5.59. The van der Waals surface area contributed by atoms with Crippen LogP contribution in [0.2, 0.25) is 0 Å². The van der Waals surface area contributed by atoms with Gasteiger partial charge in [0.2, 0.25) is 0 Å². The molecule has 0 fully saturated rings. The Morgan fingerprint density at radius 2 is 1.91 bits per heavy atom. The normalized spacial score (nSPS) is 10.5. The number of nitrogens with two attached hydrogens (primary N) is 2. The summed E-state index contributed by atoms with van der Waals surface area (Å²) in [7, 11) is 0. The van der Waals surface area contributed by atoms with Gasteiger partial charge in [0, 0.05) is 0 Å². The summed E-state index contributed by atoms with van der Waals surface area (Å²) >= 11 is 0. The van der Waals surface area contributed by atoms with E-state index in [1.54, 1.807) is 0 Å². The second-order valence-corrected chi connectivity index (χ2v) is 2.01. The van der Waals surface area contributed by atoms with Crippen LogP contribution in [-0.4, -0.2) is 4.98 Å². The van der Waals surface area contributed by atoms with Crippen molar-refractivity contribution in [2.75, 3.05) is 11.5 Å². The van der Waals surface area contributed by atoms with Gasteiger partial charge in [0.1, 0.15) is 11.5 Å². The van der Waals surface area contributed by atoms with E-state index in [9.17, 15) is 8.78 Å². The van der Waals surface area contributed by atoms with Gasteiger partial charge in [-0.05, 0) is 12.1 Å². The highest BCUT2D eigenvalue weighted by Gasteiger charge is 2.12. The fraction of sp³-hybridized carbons (Fsp3) is 0.167. The molecule has 0 aliphatic heterocycles. The van der Waals surface area contributed by atoms with Crippen LogP contribution in [0.1, 0.15) is 12.1 Å². The zero-order valence-corrected chi connectivity index (χ0v) is 5.59. The zero-order chi connectivity index (χ0) is 8.43. The molecule has 5 heteroatoms. The highest BCUT2D eigenvalue weighted by atomic mass is 19.3. The summed E-state index contributed by atoms with van der Waals surface area (Å²) in [5.74, 6) is 0.0505. The van der Waals surface area contributed by atoms with Crippen LogP contribution in [0.15, 0.2) is 12.1 Å². The Balaban J connectivity index is 3.13. The van der Waals surface area contributed by atoms with Gasteiger partial charge in [0.05, 0.1) is 5.69 Å². The molecule has 0 bridgehead atoms. The fourth-order valence-electron chi connectivity index (χ4n) is 0.676. The number of hydrogen-bond donors (Lipinski definition) is 2. The highest BCUT2D eigenvalue weighted by molar-refractivity contribution is 5.48. The average molecular weight is 159 g/mol. The molecule has 1 heterocycles. The number of hydrogen-bond acceptors (Lipinski definition) is 3. The number of pyridine rings is 1. The number of nitrogens with zero attached hydrogens (tertiary/aromatic N) is 1. The molecule has 1 rings (SSSR count). The van der Waals surface area contributed by atoms with Gasteiger partial charge in [-0.25, -0.2) is 13.8 Å². The summed E-state index contributed by atoms with van der Waals surface area (Å²) in [5, 5.41) is 0. The monoisotopic (exact) mass is 159 g/mol. The third-order valence-electron chi connectivity index (χ3n) is 1.19. The Labute approximate surface area is 62.0 Å². The van der Waals surface area contributed by atoms with Crippen LogP contribution >= 0.6 is 0 Å². The second-order valence-electron chi connectivity index (χ2n) is 2.01. The molecule has 0 saturated carbocycles. The number of nitrogen functional groups attached to an aromatic ring is 2. The first-order valence-electron chi connectivity index (χ1n) is 2.91. The van der Waals surface area contributed by atoms with E-state index in [4.69, 9.17) is 11.5 Å². The van der Waals surface area contributed by atoms with E-state index in [2.05, 4.69) is 4.98 Å². The Kier molecular flexibility index (Phi) is 1.89. The van der Waals surface area contributed by atoms with Crippen molar-refractivity contribution in [3.63, 3.8) is 0 Å². The first kappa shape index (κ1) is 7.71. The number of alkyl halides is 2. The van der Waals surface area contributed by atoms with Gasteiger partial charge >= 0.3 is 0 Å². The quantitative estimate of drug-likeness (QED) is 0.646. The average Bonchev–Trinajstić information content (AvgIpc) is 1.94. The maximum absolute atomic E-state index is 12.0. The summed E-state index contributed by atoms with van der Waals surface area (Å²) in [5.41, 5.74) is 9.87. The lowest BCUT2D eigenvalue weighted by molar-refractivity contribution is 0.147. The van der Waals surface area contributed by atoms with Gasteiger partial charge < -0.3 is 11.5 Å². The molecule has 0 aromatic carbocycles. The molecule has 0 aliphatic rings. The second kappa shape index (κ2) is 2.69. The molecule has 0 saturated heterocycles. The van der Waals surface area contributed by atoms with Crippen molar-refractivity contribution in [2.24, 2.45) is 0 Å². The Morgan fingerprint density at radius 1 is 1.27 bits per heavy atom. The van der Waals surface area contributed by atoms with E-state index >= 15 is 0 Å². The summed E-state index contributed by atoms with van der Waals surface area (Å²) in [4.78, 5) is 3.38. The Hall–Kier alpha value is -1.39. The van der Waals surface area contributed by atoms with Crippen molar-refractivity contribution >= 4 is 11.5 Å². The number of anilines is 2. The summed E-state index contributed by atoms with van der Waals surface area (Å²) in [6.45, 7) is 0. The minimum absolute atomic E-state index is 0.0331. The molecule has 60 valence electrons. The summed E-state index contributed by atoms with van der Waals surface area (Å²) in [6.07, 6.45) is -2.67. The van der Waals surface area contributed by atoms with Crippen LogP contribution in [0.3, 0.4) is 0 Å². The van der Waals surface area contributed by atoms with Crippen LogP contribution in [0.5, 0.6) is 0 Å². The van der Waals surface area contributed by atoms with E-state index in [0.717, 1.165) is 0 Å². The standard InChI is InChI=1S/C6H7F2N3/c7-6(8)5-3(9)1-2-4(10)11-5/h1-2,6H,9H2,(H2,10,11). The fourth-order valence-corrected chi connectivity index (χ4v) is 0.676. The maximum Gasteiger partial charge on any atom is 0.282 e. The van der Waals surface area contributed by atoms with Crippen molar-refractivity contribution in [2.45, 2.75) is 6.43 Å². The van der Waals surface area contributed by atoms with E-state index in [0.29, 0.717) is 0 Å². The molecule has 3 nitrogen and oxygen atoms in total. The lowest BCUT2D eigenvalue weighted by atomic mass is 10.3. The predicted molar refractivity (Wildman–Crippen MR) is 38.0 cm³/mol. The van der Waals surface area contributed by atoms with Crippen LogP contribution in [0.25, 0.3) is 0 Å². The molecule has 11 heavy (non-hydrogen) atoms. The topological polar surface area (TPSA) is 64.9 Å². The minimum Gasteiger partial charge on any atom is -0.397 e. The van der Waals surface area contributed by atoms with Crippen molar-refractivity contribution in [1.82, 2.24) is 4.98 Å². The van der Waals surface area contributed by atoms with Gasteiger partial charge in [0.15, 0.2) is 0 Å². The summed E-state index contributed by atoms with van der Waals surface area (Å²) in [6, 6.07) is 2.69. The van der Waals surface area contributed by atoms with Crippen molar-refractivity contribution in [3.8, 4) is 0 Å². The molecule has 0 atom stereocenters. The van der Waals surface area contributed by atoms with Gasteiger partial charge in [-0.15, -0.1) is 0 Å². The van der Waals surface area contributed by atoms with E-state index in [-0.39, 0.29) is 11.5 Å². The molecule has 1 aromatic heterocycles. The van der Waals surface area contributed by atoms with Crippen LogP contribution in [0.4, 0.5) is 20.3 Å². The molecule has 4 N–H and O–H groups in total. The lowest BCUT2D eigenvalue weighted by Crippen LogP contribution is -2.01.